The number of nitrogens with one attached hydrogen (secondary N) is 2. The number of anilines is 4. The van der Waals surface area contributed by atoms with Crippen molar-refractivity contribution >= 4 is 34.7 Å². The second kappa shape index (κ2) is 8.32. The lowest BCUT2D eigenvalue weighted by molar-refractivity contribution is 0.122. The number of nitrogens with two attached hydrogens (primary N) is 1. The van der Waals surface area contributed by atoms with Crippen molar-refractivity contribution in [3.05, 3.63) is 66.2 Å². The van der Waals surface area contributed by atoms with E-state index < -0.39 is 0 Å². The number of benzene rings is 1. The maximum atomic E-state index is 7.48. The van der Waals surface area contributed by atoms with Gasteiger partial charge < -0.3 is 30.5 Å². The zero-order chi connectivity index (χ0) is 22.1. The maximum Gasteiger partial charge on any atom is 0.160 e. The van der Waals surface area contributed by atoms with Gasteiger partial charge in [-0.3, -0.25) is 0 Å². The molecule has 5 rings (SSSR count). The van der Waals surface area contributed by atoms with E-state index in [0.29, 0.717) is 11.3 Å². The number of aromatic nitrogens is 3. The van der Waals surface area contributed by atoms with Gasteiger partial charge in [-0.2, -0.15) is 0 Å². The Morgan fingerprint density at radius 3 is 2.69 bits per heavy atom. The molecule has 0 spiro atoms. The summed E-state index contributed by atoms with van der Waals surface area (Å²) in [6, 6.07) is 11.9. The molecule has 0 aliphatic carbocycles. The van der Waals surface area contributed by atoms with Gasteiger partial charge >= 0.3 is 0 Å². The van der Waals surface area contributed by atoms with Gasteiger partial charge in [0.25, 0.3) is 0 Å². The first-order chi connectivity index (χ1) is 15.6. The van der Waals surface area contributed by atoms with Crippen molar-refractivity contribution in [3.8, 4) is 11.1 Å². The Kier molecular flexibility index (Phi) is 5.20. The summed E-state index contributed by atoms with van der Waals surface area (Å²) < 4.78 is 7.49. The second-order valence-corrected chi connectivity index (χ2v) is 7.79. The van der Waals surface area contributed by atoms with Crippen LogP contribution in [0.4, 0.5) is 22.9 Å². The summed E-state index contributed by atoms with van der Waals surface area (Å²) in [6.45, 7) is 5.31. The van der Waals surface area contributed by atoms with E-state index in [1.165, 1.54) is 6.21 Å². The molecule has 1 aliphatic rings. The normalized spacial score (nSPS) is 14.0. The molecule has 8 nitrogen and oxygen atoms in total. The monoisotopic (exact) mass is 427 g/mol. The molecule has 162 valence electrons. The molecule has 0 atom stereocenters. The van der Waals surface area contributed by atoms with Gasteiger partial charge in [0.1, 0.15) is 5.82 Å². The van der Waals surface area contributed by atoms with Crippen LogP contribution in [0.25, 0.3) is 16.8 Å². The number of fused-ring (bicyclic) bond motifs is 1. The van der Waals surface area contributed by atoms with Gasteiger partial charge in [0.05, 0.1) is 30.8 Å². The van der Waals surface area contributed by atoms with Crippen molar-refractivity contribution in [1.29, 1.82) is 5.41 Å². The zero-order valence-electron chi connectivity index (χ0n) is 17.9. The average Bonchev–Trinajstić information content (AvgIpc) is 3.33. The van der Waals surface area contributed by atoms with Gasteiger partial charge in [0.2, 0.25) is 0 Å². The smallest absolute Gasteiger partial charge is 0.160 e. The van der Waals surface area contributed by atoms with Crippen molar-refractivity contribution < 1.29 is 4.74 Å². The molecule has 0 radical (unpaired) electrons. The van der Waals surface area contributed by atoms with Crippen LogP contribution in [0.1, 0.15) is 11.3 Å². The third-order valence-electron chi connectivity index (χ3n) is 5.86. The molecular weight excluding hydrogens is 402 g/mol. The lowest BCUT2D eigenvalue weighted by atomic mass is 10.0. The Morgan fingerprint density at radius 2 is 1.97 bits per heavy atom. The fraction of sp³-hybridized carbons (Fsp3) is 0.208. The fourth-order valence-electron chi connectivity index (χ4n) is 4.08. The van der Waals surface area contributed by atoms with Crippen molar-refractivity contribution in [1.82, 2.24) is 14.4 Å². The van der Waals surface area contributed by atoms with Gasteiger partial charge in [-0.05, 0) is 36.8 Å². The minimum absolute atomic E-state index is 0.581. The molecule has 32 heavy (non-hydrogen) atoms. The molecule has 1 saturated heterocycles. The number of nitrogen functional groups attached to an aromatic ring is 1. The number of nitrogens with zero attached hydrogens (tertiary/aromatic N) is 4. The van der Waals surface area contributed by atoms with Crippen LogP contribution in [-0.4, -0.2) is 46.9 Å². The van der Waals surface area contributed by atoms with Crippen molar-refractivity contribution in [3.63, 3.8) is 0 Å². The molecule has 0 saturated carbocycles. The molecule has 0 amide bonds. The molecule has 0 unspecified atom stereocenters. The van der Waals surface area contributed by atoms with E-state index in [4.69, 9.17) is 15.9 Å². The van der Waals surface area contributed by atoms with E-state index in [0.717, 1.165) is 66.0 Å². The Morgan fingerprint density at radius 1 is 1.12 bits per heavy atom. The summed E-state index contributed by atoms with van der Waals surface area (Å²) in [7, 11) is 0. The van der Waals surface area contributed by atoms with Gasteiger partial charge in [-0.15, -0.1) is 0 Å². The Balaban J connectivity index is 1.50. The summed E-state index contributed by atoms with van der Waals surface area (Å²) in [6.07, 6.45) is 6.90. The van der Waals surface area contributed by atoms with E-state index in [2.05, 4.69) is 43.6 Å². The minimum Gasteiger partial charge on any atom is -0.398 e. The van der Waals surface area contributed by atoms with Crippen molar-refractivity contribution in [2.75, 3.05) is 42.3 Å². The quantitative estimate of drug-likeness (QED) is 0.330. The molecule has 4 aromatic rings. The predicted molar refractivity (Wildman–Crippen MR) is 128 cm³/mol. The predicted octanol–water partition coefficient (Wildman–Crippen LogP) is 3.86. The molecule has 1 aromatic carbocycles. The second-order valence-electron chi connectivity index (χ2n) is 7.79. The van der Waals surface area contributed by atoms with E-state index >= 15 is 0 Å². The number of imidazole rings is 1. The number of hydrogen-bond donors (Lipinski definition) is 3. The van der Waals surface area contributed by atoms with Crippen LogP contribution in [0.15, 0.2) is 55.0 Å². The standard InChI is InChI=1S/C24H25N7O/c1-16-20(17-2-3-18(14-25)21(26)12-17)13-22(24-27-6-7-31(16)24)29-23-5-4-19(15-28-23)30-8-10-32-11-9-30/h2-7,12-15,25H,8-11,26H2,1H3,(H,28,29). The number of rotatable bonds is 5. The lowest BCUT2D eigenvalue weighted by Crippen LogP contribution is -2.36. The topological polar surface area (TPSA) is 105 Å². The first-order valence-corrected chi connectivity index (χ1v) is 10.6. The highest BCUT2D eigenvalue weighted by atomic mass is 16.5. The molecular formula is C24H25N7O. The summed E-state index contributed by atoms with van der Waals surface area (Å²) in [5, 5.41) is 10.9. The van der Waals surface area contributed by atoms with Crippen LogP contribution in [-0.2, 0) is 4.74 Å². The number of morpholine rings is 1. The highest BCUT2D eigenvalue weighted by Gasteiger charge is 2.15. The Hall–Kier alpha value is -3.91. The number of hydrogen-bond acceptors (Lipinski definition) is 7. The molecule has 1 aliphatic heterocycles. The largest absolute Gasteiger partial charge is 0.398 e. The minimum atomic E-state index is 0.581. The van der Waals surface area contributed by atoms with E-state index in [1.54, 1.807) is 6.20 Å². The van der Waals surface area contributed by atoms with Crippen LogP contribution in [0, 0.1) is 12.3 Å². The van der Waals surface area contributed by atoms with Crippen LogP contribution in [0.3, 0.4) is 0 Å². The summed E-state index contributed by atoms with van der Waals surface area (Å²) >= 11 is 0. The SMILES string of the molecule is Cc1c(-c2ccc(C=N)c(N)c2)cc(Nc2ccc(N3CCOCC3)cn2)c2nccn12. The highest BCUT2D eigenvalue weighted by molar-refractivity contribution is 5.88. The zero-order valence-corrected chi connectivity index (χ0v) is 17.9. The van der Waals surface area contributed by atoms with Crippen LogP contribution < -0.4 is 16.0 Å². The van der Waals surface area contributed by atoms with E-state index in [1.807, 2.05) is 36.7 Å². The van der Waals surface area contributed by atoms with Crippen LogP contribution in [0.5, 0.6) is 0 Å². The maximum absolute atomic E-state index is 7.48. The van der Waals surface area contributed by atoms with Crippen molar-refractivity contribution in [2.24, 2.45) is 0 Å². The van der Waals surface area contributed by atoms with E-state index in [-0.39, 0.29) is 0 Å². The summed E-state index contributed by atoms with van der Waals surface area (Å²) in [5.74, 6) is 0.750. The van der Waals surface area contributed by atoms with Gasteiger partial charge in [-0.1, -0.05) is 12.1 Å². The Bertz CT molecular complexity index is 1270. The average molecular weight is 428 g/mol. The Labute approximate surface area is 186 Å². The van der Waals surface area contributed by atoms with Crippen LogP contribution >= 0.6 is 0 Å². The fourth-order valence-corrected chi connectivity index (χ4v) is 4.08. The number of aryl methyl sites for hydroxylation is 1. The third-order valence-corrected chi connectivity index (χ3v) is 5.86. The van der Waals surface area contributed by atoms with Gasteiger partial charge in [0.15, 0.2) is 5.65 Å². The first kappa shape index (κ1) is 20.0. The molecule has 0 bridgehead atoms. The number of pyridine rings is 2. The van der Waals surface area contributed by atoms with Gasteiger partial charge in [0, 0.05) is 54.2 Å². The first-order valence-electron chi connectivity index (χ1n) is 10.6. The molecule has 3 aromatic heterocycles. The number of ether oxygens (including phenoxy) is 1. The third kappa shape index (κ3) is 3.65. The highest BCUT2D eigenvalue weighted by Crippen LogP contribution is 2.32. The molecule has 4 heterocycles. The van der Waals surface area contributed by atoms with Crippen molar-refractivity contribution in [2.45, 2.75) is 6.92 Å². The molecule has 8 heteroatoms. The molecule has 1 fully saturated rings. The van der Waals surface area contributed by atoms with E-state index in [9.17, 15) is 0 Å². The summed E-state index contributed by atoms with van der Waals surface area (Å²) in [4.78, 5) is 11.4. The lowest BCUT2D eigenvalue weighted by Gasteiger charge is -2.28. The van der Waals surface area contributed by atoms with Crippen LogP contribution in [0.2, 0.25) is 0 Å². The van der Waals surface area contributed by atoms with Gasteiger partial charge in [-0.25, -0.2) is 9.97 Å². The summed E-state index contributed by atoms with van der Waals surface area (Å²) in [5.41, 5.74) is 13.3. The molecule has 4 N–H and O–H groups in total.